The van der Waals surface area contributed by atoms with Gasteiger partial charge in [-0.25, -0.2) is 0 Å². The van der Waals surface area contributed by atoms with Gasteiger partial charge < -0.3 is 14.2 Å². The molecule has 1 saturated heterocycles. The molecule has 1 atom stereocenters. The van der Waals surface area contributed by atoms with Crippen molar-refractivity contribution in [2.24, 2.45) is 0 Å². The maximum absolute atomic E-state index is 5.70. The zero-order chi connectivity index (χ0) is 14.7. The highest BCUT2D eigenvalue weighted by Crippen LogP contribution is 2.19. The lowest BCUT2D eigenvalue weighted by Gasteiger charge is -2.27. The van der Waals surface area contributed by atoms with Crippen LogP contribution in [0.25, 0.3) is 11.7 Å². The van der Waals surface area contributed by atoms with Crippen molar-refractivity contribution in [2.45, 2.75) is 45.3 Å². The van der Waals surface area contributed by atoms with Crippen molar-refractivity contribution in [3.63, 3.8) is 0 Å². The summed E-state index contributed by atoms with van der Waals surface area (Å²) >= 11 is 0. The van der Waals surface area contributed by atoms with Gasteiger partial charge in [0.05, 0.1) is 12.8 Å². The second kappa shape index (κ2) is 6.41. The van der Waals surface area contributed by atoms with Gasteiger partial charge in [-0.15, -0.1) is 10.2 Å². The Morgan fingerprint density at radius 3 is 3.00 bits per heavy atom. The first-order chi connectivity index (χ1) is 10.2. The normalized spacial score (nSPS) is 19.0. The summed E-state index contributed by atoms with van der Waals surface area (Å²) in [4.78, 5) is 2.36. The molecular weight excluding hydrogens is 268 g/mol. The maximum Gasteiger partial charge on any atom is 0.283 e. The van der Waals surface area contributed by atoms with Crippen LogP contribution < -0.4 is 5.32 Å². The Balaban J connectivity index is 1.65. The molecule has 6 nitrogen and oxygen atoms in total. The Hall–Kier alpha value is -1.66. The molecular formula is C15H22N4O2. The fraction of sp³-hybridized carbons (Fsp3) is 0.600. The number of nitrogens with zero attached hydrogens (tertiary/aromatic N) is 3. The summed E-state index contributed by atoms with van der Waals surface area (Å²) in [5.41, 5.74) is 0. The number of hydrogen-bond donors (Lipinski definition) is 1. The van der Waals surface area contributed by atoms with Gasteiger partial charge in [0.15, 0.2) is 5.76 Å². The lowest BCUT2D eigenvalue weighted by atomic mass is 10.2. The first kappa shape index (κ1) is 14.3. The molecule has 0 radical (unpaired) electrons. The molecule has 114 valence electrons. The molecule has 0 spiro atoms. The molecule has 3 heterocycles. The zero-order valence-electron chi connectivity index (χ0n) is 12.6. The molecule has 1 aliphatic rings. The van der Waals surface area contributed by atoms with E-state index in [1.54, 1.807) is 6.26 Å². The Labute approximate surface area is 124 Å². The molecule has 2 aromatic rings. The smallest absolute Gasteiger partial charge is 0.283 e. The quantitative estimate of drug-likeness (QED) is 0.880. The summed E-state index contributed by atoms with van der Waals surface area (Å²) < 4.78 is 11.0. The van der Waals surface area contributed by atoms with Crippen LogP contribution in [-0.2, 0) is 6.54 Å². The fourth-order valence-electron chi connectivity index (χ4n) is 2.64. The predicted octanol–water partition coefficient (Wildman–Crippen LogP) is 2.29. The number of furan rings is 1. The molecule has 1 unspecified atom stereocenters. The van der Waals surface area contributed by atoms with Crippen LogP contribution in [-0.4, -0.2) is 40.3 Å². The maximum atomic E-state index is 5.70. The van der Waals surface area contributed by atoms with Gasteiger partial charge in [0.2, 0.25) is 5.89 Å². The highest BCUT2D eigenvalue weighted by atomic mass is 16.4. The highest BCUT2D eigenvalue weighted by Gasteiger charge is 2.22. The SMILES string of the molecule is CC(C)N(Cc1nnc(-c2ccco2)o1)CC1CCCN1. The summed E-state index contributed by atoms with van der Waals surface area (Å²) in [5, 5.41) is 11.7. The molecule has 1 aliphatic heterocycles. The molecule has 0 aliphatic carbocycles. The van der Waals surface area contributed by atoms with Gasteiger partial charge in [-0.05, 0) is 45.4 Å². The van der Waals surface area contributed by atoms with Crippen LogP contribution >= 0.6 is 0 Å². The number of nitrogens with one attached hydrogen (secondary N) is 1. The summed E-state index contributed by atoms with van der Waals surface area (Å²) in [6.07, 6.45) is 4.11. The molecule has 2 aromatic heterocycles. The summed E-state index contributed by atoms with van der Waals surface area (Å²) in [6.45, 7) is 7.19. The van der Waals surface area contributed by atoms with E-state index >= 15 is 0 Å². The van der Waals surface area contributed by atoms with E-state index in [1.165, 1.54) is 12.8 Å². The van der Waals surface area contributed by atoms with E-state index in [0.29, 0.717) is 36.2 Å². The van der Waals surface area contributed by atoms with Crippen molar-refractivity contribution in [3.05, 3.63) is 24.3 Å². The second-order valence-electron chi connectivity index (χ2n) is 5.79. The van der Waals surface area contributed by atoms with Crippen LogP contribution in [0.5, 0.6) is 0 Å². The first-order valence-electron chi connectivity index (χ1n) is 7.56. The third-order valence-corrected chi connectivity index (χ3v) is 3.88. The van der Waals surface area contributed by atoms with E-state index in [0.717, 1.165) is 13.1 Å². The fourth-order valence-corrected chi connectivity index (χ4v) is 2.64. The van der Waals surface area contributed by atoms with Crippen molar-refractivity contribution in [3.8, 4) is 11.7 Å². The van der Waals surface area contributed by atoms with Crippen LogP contribution in [0.4, 0.5) is 0 Å². The van der Waals surface area contributed by atoms with Gasteiger partial charge in [-0.2, -0.15) is 0 Å². The van der Waals surface area contributed by atoms with Crippen LogP contribution in [0, 0.1) is 0 Å². The van der Waals surface area contributed by atoms with Gasteiger partial charge in [-0.3, -0.25) is 4.90 Å². The Kier molecular flexibility index (Phi) is 4.36. The van der Waals surface area contributed by atoms with E-state index in [2.05, 4.69) is 34.3 Å². The van der Waals surface area contributed by atoms with Gasteiger partial charge >= 0.3 is 0 Å². The van der Waals surface area contributed by atoms with Crippen molar-refractivity contribution in [1.29, 1.82) is 0 Å². The third-order valence-electron chi connectivity index (χ3n) is 3.88. The highest BCUT2D eigenvalue weighted by molar-refractivity contribution is 5.42. The van der Waals surface area contributed by atoms with Crippen LogP contribution in [0.15, 0.2) is 27.2 Å². The Bertz CT molecular complexity index is 544. The second-order valence-corrected chi connectivity index (χ2v) is 5.79. The molecule has 1 N–H and O–H groups in total. The lowest BCUT2D eigenvalue weighted by Crippen LogP contribution is -2.40. The Morgan fingerprint density at radius 1 is 1.43 bits per heavy atom. The third kappa shape index (κ3) is 3.51. The van der Waals surface area contributed by atoms with Crippen LogP contribution in [0.3, 0.4) is 0 Å². The summed E-state index contributed by atoms with van der Waals surface area (Å²) in [6, 6.07) is 4.64. The molecule has 21 heavy (non-hydrogen) atoms. The molecule has 6 heteroatoms. The standard InChI is InChI=1S/C15H22N4O2/c1-11(2)19(9-12-5-3-7-16-12)10-14-17-18-15(21-14)13-6-4-8-20-13/h4,6,8,11-12,16H,3,5,7,9-10H2,1-2H3. The number of aromatic nitrogens is 2. The summed E-state index contributed by atoms with van der Waals surface area (Å²) in [5.74, 6) is 1.69. The van der Waals surface area contributed by atoms with E-state index in [4.69, 9.17) is 8.83 Å². The van der Waals surface area contributed by atoms with Crippen molar-refractivity contribution >= 4 is 0 Å². The van der Waals surface area contributed by atoms with E-state index in [-0.39, 0.29) is 0 Å². The van der Waals surface area contributed by atoms with Crippen molar-refractivity contribution < 1.29 is 8.83 Å². The van der Waals surface area contributed by atoms with E-state index in [9.17, 15) is 0 Å². The number of rotatable bonds is 6. The summed E-state index contributed by atoms with van der Waals surface area (Å²) in [7, 11) is 0. The van der Waals surface area contributed by atoms with Crippen molar-refractivity contribution in [1.82, 2.24) is 20.4 Å². The Morgan fingerprint density at radius 2 is 2.33 bits per heavy atom. The van der Waals surface area contributed by atoms with Gasteiger partial charge in [-0.1, -0.05) is 0 Å². The minimum absolute atomic E-state index is 0.436. The topological polar surface area (TPSA) is 67.3 Å². The first-order valence-corrected chi connectivity index (χ1v) is 7.56. The average Bonchev–Trinajstić information content (AvgIpc) is 3.20. The minimum Gasteiger partial charge on any atom is -0.459 e. The minimum atomic E-state index is 0.436. The van der Waals surface area contributed by atoms with E-state index < -0.39 is 0 Å². The predicted molar refractivity (Wildman–Crippen MR) is 78.6 cm³/mol. The molecule has 1 fully saturated rings. The molecule has 3 rings (SSSR count). The molecule has 0 aromatic carbocycles. The zero-order valence-corrected chi connectivity index (χ0v) is 12.6. The number of hydrogen-bond acceptors (Lipinski definition) is 6. The van der Waals surface area contributed by atoms with Gasteiger partial charge in [0.25, 0.3) is 5.89 Å². The van der Waals surface area contributed by atoms with Gasteiger partial charge in [0, 0.05) is 18.6 Å². The lowest BCUT2D eigenvalue weighted by molar-refractivity contribution is 0.177. The van der Waals surface area contributed by atoms with Crippen LogP contribution in [0.1, 0.15) is 32.6 Å². The molecule has 0 amide bonds. The monoisotopic (exact) mass is 290 g/mol. The van der Waals surface area contributed by atoms with Crippen LogP contribution in [0.2, 0.25) is 0 Å². The van der Waals surface area contributed by atoms with E-state index in [1.807, 2.05) is 12.1 Å². The molecule has 0 saturated carbocycles. The average molecular weight is 290 g/mol. The van der Waals surface area contributed by atoms with Crippen molar-refractivity contribution in [2.75, 3.05) is 13.1 Å². The van der Waals surface area contributed by atoms with Gasteiger partial charge in [0.1, 0.15) is 0 Å². The largest absolute Gasteiger partial charge is 0.459 e. The molecule has 0 bridgehead atoms.